The van der Waals surface area contributed by atoms with Crippen LogP contribution in [0, 0.1) is 5.92 Å². The molecule has 0 aliphatic carbocycles. The molecule has 158 valence electrons. The number of halogens is 1. The highest BCUT2D eigenvalue weighted by molar-refractivity contribution is 8.13. The van der Waals surface area contributed by atoms with Crippen molar-refractivity contribution in [1.29, 1.82) is 0 Å². The molecule has 1 aliphatic rings. The molecule has 30 heavy (non-hydrogen) atoms. The number of hydrogen-bond acceptors (Lipinski definition) is 4. The molecule has 1 atom stereocenters. The number of benzene rings is 2. The van der Waals surface area contributed by atoms with E-state index in [9.17, 15) is 14.4 Å². The molecule has 1 saturated heterocycles. The van der Waals surface area contributed by atoms with Gasteiger partial charge in [-0.1, -0.05) is 23.7 Å². The monoisotopic (exact) mass is 445 g/mol. The smallest absolute Gasteiger partial charge is 0.286 e. The van der Waals surface area contributed by atoms with Crippen LogP contribution < -0.4 is 5.32 Å². The summed E-state index contributed by atoms with van der Waals surface area (Å²) in [6.45, 7) is 0.980. The fourth-order valence-corrected chi connectivity index (χ4v) is 4.10. The SMILES string of the molecule is CN(C)C(=O)Sc1ccccc1NC(=O)C1CCCN(C(=O)c2ccc(Cl)cc2)C1. The molecule has 2 aromatic rings. The summed E-state index contributed by atoms with van der Waals surface area (Å²) in [4.78, 5) is 41.6. The van der Waals surface area contributed by atoms with Crippen molar-refractivity contribution >= 4 is 46.1 Å². The Morgan fingerprint density at radius 3 is 2.50 bits per heavy atom. The molecular weight excluding hydrogens is 422 g/mol. The number of anilines is 1. The van der Waals surface area contributed by atoms with Gasteiger partial charge in [0.05, 0.1) is 11.6 Å². The molecule has 3 amide bonds. The Morgan fingerprint density at radius 2 is 1.80 bits per heavy atom. The van der Waals surface area contributed by atoms with E-state index in [1.54, 1.807) is 55.4 Å². The molecule has 0 spiro atoms. The number of nitrogens with zero attached hydrogens (tertiary/aromatic N) is 2. The first-order valence-corrected chi connectivity index (χ1v) is 10.9. The van der Waals surface area contributed by atoms with Gasteiger partial charge >= 0.3 is 0 Å². The van der Waals surface area contributed by atoms with Crippen molar-refractivity contribution in [3.63, 3.8) is 0 Å². The van der Waals surface area contributed by atoms with Crippen LogP contribution in [-0.4, -0.2) is 54.0 Å². The Labute approximate surface area is 185 Å². The zero-order valence-electron chi connectivity index (χ0n) is 16.9. The summed E-state index contributed by atoms with van der Waals surface area (Å²) in [6, 6.07) is 14.0. The average Bonchev–Trinajstić information content (AvgIpc) is 2.75. The maximum Gasteiger partial charge on any atom is 0.286 e. The molecule has 3 rings (SSSR count). The Bertz CT molecular complexity index is 933. The van der Waals surface area contributed by atoms with E-state index in [2.05, 4.69) is 5.32 Å². The van der Waals surface area contributed by atoms with Crippen LogP contribution in [0.5, 0.6) is 0 Å². The topological polar surface area (TPSA) is 69.7 Å². The first-order valence-electron chi connectivity index (χ1n) is 9.69. The van der Waals surface area contributed by atoms with Crippen LogP contribution in [0.3, 0.4) is 0 Å². The van der Waals surface area contributed by atoms with Gasteiger partial charge < -0.3 is 15.1 Å². The fourth-order valence-electron chi connectivity index (χ4n) is 3.23. The second kappa shape index (κ2) is 10.00. The molecule has 6 nitrogen and oxygen atoms in total. The molecule has 0 aromatic heterocycles. The average molecular weight is 446 g/mol. The zero-order chi connectivity index (χ0) is 21.7. The van der Waals surface area contributed by atoms with E-state index in [1.807, 2.05) is 12.1 Å². The minimum absolute atomic E-state index is 0.100. The molecule has 0 saturated carbocycles. The van der Waals surface area contributed by atoms with Gasteiger partial charge in [-0.25, -0.2) is 0 Å². The lowest BCUT2D eigenvalue weighted by atomic mass is 9.96. The number of likely N-dealkylation sites (tertiary alicyclic amines) is 1. The lowest BCUT2D eigenvalue weighted by molar-refractivity contribution is -0.121. The number of rotatable bonds is 4. The van der Waals surface area contributed by atoms with Crippen molar-refractivity contribution in [2.24, 2.45) is 5.92 Å². The van der Waals surface area contributed by atoms with Crippen molar-refractivity contribution in [2.75, 3.05) is 32.5 Å². The van der Waals surface area contributed by atoms with E-state index < -0.39 is 0 Å². The van der Waals surface area contributed by atoms with Crippen molar-refractivity contribution in [3.05, 3.63) is 59.1 Å². The van der Waals surface area contributed by atoms with Gasteiger partial charge in [-0.3, -0.25) is 14.4 Å². The molecule has 0 radical (unpaired) electrons. The van der Waals surface area contributed by atoms with Crippen LogP contribution in [0.4, 0.5) is 10.5 Å². The van der Waals surface area contributed by atoms with E-state index in [1.165, 1.54) is 4.90 Å². The normalized spacial score (nSPS) is 16.1. The van der Waals surface area contributed by atoms with Crippen LogP contribution in [-0.2, 0) is 4.79 Å². The molecule has 8 heteroatoms. The second-order valence-corrected chi connectivity index (χ2v) is 8.77. The Balaban J connectivity index is 1.67. The third-order valence-corrected chi connectivity index (χ3v) is 6.25. The second-order valence-electron chi connectivity index (χ2n) is 7.35. The highest BCUT2D eigenvalue weighted by atomic mass is 35.5. The molecule has 1 fully saturated rings. The summed E-state index contributed by atoms with van der Waals surface area (Å²) in [7, 11) is 3.37. The Hall–Kier alpha value is -2.51. The maximum atomic E-state index is 12.9. The largest absolute Gasteiger partial charge is 0.339 e. The van der Waals surface area contributed by atoms with Crippen LogP contribution in [0.15, 0.2) is 53.4 Å². The van der Waals surface area contributed by atoms with Crippen molar-refractivity contribution < 1.29 is 14.4 Å². The highest BCUT2D eigenvalue weighted by Crippen LogP contribution is 2.30. The Morgan fingerprint density at radius 1 is 1.10 bits per heavy atom. The van der Waals surface area contributed by atoms with Gasteiger partial charge in [0.15, 0.2) is 0 Å². The standard InChI is InChI=1S/C22H24ClN3O3S/c1-25(2)22(29)30-19-8-4-3-7-18(19)24-20(27)16-6-5-13-26(14-16)21(28)15-9-11-17(23)12-10-15/h3-4,7-12,16H,5-6,13-14H2,1-2H3,(H,24,27). The lowest BCUT2D eigenvalue weighted by Gasteiger charge is -2.32. The first kappa shape index (κ1) is 22.2. The number of nitrogens with one attached hydrogen (secondary N) is 1. The summed E-state index contributed by atoms with van der Waals surface area (Å²) >= 11 is 6.97. The molecule has 1 unspecified atom stereocenters. The summed E-state index contributed by atoms with van der Waals surface area (Å²) in [5.74, 6) is -0.553. The van der Waals surface area contributed by atoms with Crippen LogP contribution in [0.2, 0.25) is 5.02 Å². The third kappa shape index (κ3) is 5.55. The highest BCUT2D eigenvalue weighted by Gasteiger charge is 2.29. The molecule has 1 N–H and O–H groups in total. The first-order chi connectivity index (χ1) is 14.3. The van der Waals surface area contributed by atoms with E-state index >= 15 is 0 Å². The maximum absolute atomic E-state index is 12.9. The van der Waals surface area contributed by atoms with Crippen molar-refractivity contribution in [1.82, 2.24) is 9.80 Å². The molecular formula is C22H24ClN3O3S. The summed E-state index contributed by atoms with van der Waals surface area (Å²) in [5.41, 5.74) is 1.16. The van der Waals surface area contributed by atoms with Gasteiger partial charge in [-0.2, -0.15) is 0 Å². The summed E-state index contributed by atoms with van der Waals surface area (Å²) < 4.78 is 0. The Kier molecular flexibility index (Phi) is 7.39. The molecule has 2 aromatic carbocycles. The van der Waals surface area contributed by atoms with E-state index in [0.29, 0.717) is 40.7 Å². The molecule has 1 aliphatic heterocycles. The number of amides is 3. The minimum atomic E-state index is -0.308. The quantitative estimate of drug-likeness (QED) is 0.698. The van der Waals surface area contributed by atoms with Gasteiger partial charge in [-0.05, 0) is 61.0 Å². The van der Waals surface area contributed by atoms with Gasteiger partial charge in [-0.15, -0.1) is 0 Å². The third-order valence-electron chi connectivity index (χ3n) is 4.88. The number of piperidine rings is 1. The van der Waals surface area contributed by atoms with E-state index in [4.69, 9.17) is 11.6 Å². The number of carbonyl (C=O) groups excluding carboxylic acids is 3. The zero-order valence-corrected chi connectivity index (χ0v) is 18.5. The number of para-hydroxylation sites is 1. The minimum Gasteiger partial charge on any atom is -0.339 e. The van der Waals surface area contributed by atoms with Gasteiger partial charge in [0.1, 0.15) is 0 Å². The van der Waals surface area contributed by atoms with Crippen molar-refractivity contribution in [2.45, 2.75) is 17.7 Å². The van der Waals surface area contributed by atoms with Gasteiger partial charge in [0.2, 0.25) is 5.91 Å². The molecule has 0 bridgehead atoms. The van der Waals surface area contributed by atoms with Gasteiger partial charge in [0, 0.05) is 42.7 Å². The van der Waals surface area contributed by atoms with E-state index in [0.717, 1.165) is 18.2 Å². The fraction of sp³-hybridized carbons (Fsp3) is 0.318. The molecule has 1 heterocycles. The summed E-state index contributed by atoms with van der Waals surface area (Å²) in [6.07, 6.45) is 1.47. The number of thioether (sulfide) groups is 1. The van der Waals surface area contributed by atoms with Crippen molar-refractivity contribution in [3.8, 4) is 0 Å². The van der Waals surface area contributed by atoms with Crippen LogP contribution in [0.25, 0.3) is 0 Å². The summed E-state index contributed by atoms with van der Waals surface area (Å²) in [5, 5.41) is 3.40. The van der Waals surface area contributed by atoms with Crippen LogP contribution >= 0.6 is 23.4 Å². The predicted molar refractivity (Wildman–Crippen MR) is 120 cm³/mol. The van der Waals surface area contributed by atoms with Gasteiger partial charge in [0.25, 0.3) is 11.1 Å². The van der Waals surface area contributed by atoms with E-state index in [-0.39, 0.29) is 23.0 Å². The number of hydrogen-bond donors (Lipinski definition) is 1. The predicted octanol–water partition coefficient (Wildman–Crippen LogP) is 4.60. The van der Waals surface area contributed by atoms with Crippen LogP contribution in [0.1, 0.15) is 23.2 Å². The number of carbonyl (C=O) groups is 3. The lowest BCUT2D eigenvalue weighted by Crippen LogP contribution is -2.43.